The lowest BCUT2D eigenvalue weighted by molar-refractivity contribution is 0.0916. The molecule has 0 spiro atoms. The summed E-state index contributed by atoms with van der Waals surface area (Å²) in [7, 11) is 3.24. The maximum absolute atomic E-state index is 13.2. The minimum atomic E-state index is -0.327. The first-order chi connectivity index (χ1) is 14.6. The van der Waals surface area contributed by atoms with Crippen LogP contribution < -0.4 is 14.8 Å². The van der Waals surface area contributed by atoms with Crippen molar-refractivity contribution in [1.29, 1.82) is 0 Å². The molecule has 1 N–H and O–H groups in total. The second-order valence-corrected chi connectivity index (χ2v) is 7.01. The molecule has 0 aliphatic carbocycles. The fraction of sp³-hybridized carbons (Fsp3) is 0.160. The number of carbonyl (C=O) groups excluding carboxylic acids is 1. The van der Waals surface area contributed by atoms with Gasteiger partial charge < -0.3 is 19.2 Å². The van der Waals surface area contributed by atoms with Gasteiger partial charge in [0.15, 0.2) is 5.76 Å². The highest BCUT2D eigenvalue weighted by atomic mass is 16.5. The van der Waals surface area contributed by atoms with Gasteiger partial charge in [0.1, 0.15) is 17.1 Å². The van der Waals surface area contributed by atoms with E-state index in [1.165, 1.54) is 0 Å². The zero-order valence-electron chi connectivity index (χ0n) is 17.1. The van der Waals surface area contributed by atoms with E-state index in [2.05, 4.69) is 5.32 Å². The van der Waals surface area contributed by atoms with E-state index in [-0.39, 0.29) is 11.9 Å². The van der Waals surface area contributed by atoms with Crippen molar-refractivity contribution in [2.24, 2.45) is 0 Å². The van der Waals surface area contributed by atoms with Gasteiger partial charge in [0.25, 0.3) is 5.91 Å². The minimum Gasteiger partial charge on any atom is -0.497 e. The molecule has 4 aromatic rings. The van der Waals surface area contributed by atoms with Gasteiger partial charge in [-0.3, -0.25) is 4.79 Å². The van der Waals surface area contributed by atoms with Crippen LogP contribution in [0.3, 0.4) is 0 Å². The zero-order valence-corrected chi connectivity index (χ0v) is 17.1. The van der Waals surface area contributed by atoms with Crippen LogP contribution in [0.4, 0.5) is 0 Å². The molecule has 5 heteroatoms. The molecule has 1 atom stereocenters. The van der Waals surface area contributed by atoms with Crippen molar-refractivity contribution >= 4 is 16.9 Å². The number of carbonyl (C=O) groups is 1. The monoisotopic (exact) mass is 401 g/mol. The number of hydrogen-bond donors (Lipinski definition) is 1. The van der Waals surface area contributed by atoms with Crippen LogP contribution in [0.5, 0.6) is 11.5 Å². The molecule has 30 heavy (non-hydrogen) atoms. The molecule has 1 aromatic heterocycles. The second kappa shape index (κ2) is 8.33. The van der Waals surface area contributed by atoms with Crippen LogP contribution >= 0.6 is 0 Å². The summed E-state index contributed by atoms with van der Waals surface area (Å²) in [5, 5.41) is 3.99. The molecule has 5 nitrogen and oxygen atoms in total. The third-order valence-corrected chi connectivity index (χ3v) is 5.21. The molecule has 152 valence electrons. The minimum absolute atomic E-state index is 0.271. The van der Waals surface area contributed by atoms with Gasteiger partial charge in [-0.15, -0.1) is 0 Å². The van der Waals surface area contributed by atoms with Crippen LogP contribution in [-0.4, -0.2) is 20.1 Å². The molecule has 3 aromatic carbocycles. The van der Waals surface area contributed by atoms with Crippen molar-refractivity contribution in [3.63, 3.8) is 0 Å². The van der Waals surface area contributed by atoms with Gasteiger partial charge in [-0.2, -0.15) is 0 Å². The smallest absolute Gasteiger partial charge is 0.288 e. The van der Waals surface area contributed by atoms with Crippen LogP contribution in [0.2, 0.25) is 0 Å². The Morgan fingerprint density at radius 2 is 1.50 bits per heavy atom. The summed E-state index contributed by atoms with van der Waals surface area (Å²) in [6.07, 6.45) is 0. The van der Waals surface area contributed by atoms with E-state index in [0.717, 1.165) is 33.6 Å². The van der Waals surface area contributed by atoms with E-state index in [0.29, 0.717) is 11.3 Å². The number of amides is 1. The van der Waals surface area contributed by atoms with E-state index in [4.69, 9.17) is 13.9 Å². The number of ether oxygens (including phenoxy) is 2. The number of methoxy groups -OCH3 is 2. The Labute approximate surface area is 175 Å². The Bertz CT molecular complexity index is 1160. The number of hydrogen-bond acceptors (Lipinski definition) is 4. The first-order valence-electron chi connectivity index (χ1n) is 9.67. The van der Waals surface area contributed by atoms with Gasteiger partial charge in [0.2, 0.25) is 0 Å². The molecular formula is C25H23NO4. The Morgan fingerprint density at radius 1 is 0.867 bits per heavy atom. The first kappa shape index (κ1) is 19.6. The zero-order chi connectivity index (χ0) is 21.1. The molecular weight excluding hydrogens is 378 g/mol. The van der Waals surface area contributed by atoms with Crippen molar-refractivity contribution in [3.8, 4) is 11.5 Å². The SMILES string of the molecule is COc1ccc([C@H](NC(=O)c2oc3ccc(OC)cc3c2C)c2ccccc2)cc1. The maximum atomic E-state index is 13.2. The molecule has 0 saturated heterocycles. The third-order valence-electron chi connectivity index (χ3n) is 5.21. The summed E-state index contributed by atoms with van der Waals surface area (Å²) in [6.45, 7) is 1.88. The van der Waals surface area contributed by atoms with E-state index >= 15 is 0 Å². The number of rotatable bonds is 6. The lowest BCUT2D eigenvalue weighted by Crippen LogP contribution is -2.29. The predicted octanol–water partition coefficient (Wildman–Crippen LogP) is 5.28. The molecule has 0 aliphatic rings. The topological polar surface area (TPSA) is 60.7 Å². The van der Waals surface area contributed by atoms with Crippen LogP contribution in [-0.2, 0) is 0 Å². The Hall–Kier alpha value is -3.73. The van der Waals surface area contributed by atoms with E-state index in [1.54, 1.807) is 14.2 Å². The summed E-state index contributed by atoms with van der Waals surface area (Å²) < 4.78 is 16.4. The average molecular weight is 401 g/mol. The lowest BCUT2D eigenvalue weighted by Gasteiger charge is -2.20. The summed E-state index contributed by atoms with van der Waals surface area (Å²) in [4.78, 5) is 13.2. The quantitative estimate of drug-likeness (QED) is 0.478. The van der Waals surface area contributed by atoms with Gasteiger partial charge in [0, 0.05) is 10.9 Å². The molecule has 0 bridgehead atoms. The number of fused-ring (bicyclic) bond motifs is 1. The van der Waals surface area contributed by atoms with E-state index in [1.807, 2.05) is 79.7 Å². The maximum Gasteiger partial charge on any atom is 0.288 e. The third kappa shape index (κ3) is 3.74. The van der Waals surface area contributed by atoms with Crippen LogP contribution in [0.15, 0.2) is 77.2 Å². The van der Waals surface area contributed by atoms with Crippen molar-refractivity contribution in [3.05, 3.63) is 95.2 Å². The van der Waals surface area contributed by atoms with Gasteiger partial charge in [-0.1, -0.05) is 42.5 Å². The lowest BCUT2D eigenvalue weighted by atomic mass is 9.98. The van der Waals surface area contributed by atoms with Crippen LogP contribution in [0.25, 0.3) is 11.0 Å². The van der Waals surface area contributed by atoms with Crippen LogP contribution in [0, 0.1) is 6.92 Å². The standard InChI is InChI=1S/C25H23NO4/c1-16-21-15-20(29-3)13-14-22(21)30-24(16)25(27)26-23(17-7-5-4-6-8-17)18-9-11-19(28-2)12-10-18/h4-15,23H,1-3H3,(H,26,27)/t23-/m1/s1. The van der Waals surface area contributed by atoms with Crippen molar-refractivity contribution in [1.82, 2.24) is 5.32 Å². The molecule has 1 heterocycles. The molecule has 0 saturated carbocycles. The molecule has 4 rings (SSSR count). The fourth-order valence-electron chi connectivity index (χ4n) is 3.54. The van der Waals surface area contributed by atoms with Gasteiger partial charge in [-0.05, 0) is 48.4 Å². The van der Waals surface area contributed by atoms with Gasteiger partial charge in [-0.25, -0.2) is 0 Å². The average Bonchev–Trinajstić information content (AvgIpc) is 3.14. The Morgan fingerprint density at radius 3 is 2.17 bits per heavy atom. The normalized spacial score (nSPS) is 11.8. The largest absolute Gasteiger partial charge is 0.497 e. The fourth-order valence-corrected chi connectivity index (χ4v) is 3.54. The van der Waals surface area contributed by atoms with Gasteiger partial charge >= 0.3 is 0 Å². The molecule has 0 aliphatic heterocycles. The highest BCUT2D eigenvalue weighted by Gasteiger charge is 2.23. The summed E-state index contributed by atoms with van der Waals surface area (Å²) in [6, 6.07) is 22.7. The van der Waals surface area contributed by atoms with Crippen LogP contribution in [0.1, 0.15) is 33.3 Å². The summed E-state index contributed by atoms with van der Waals surface area (Å²) in [5.41, 5.74) is 3.36. The number of nitrogens with one attached hydrogen (secondary N) is 1. The van der Waals surface area contributed by atoms with E-state index in [9.17, 15) is 4.79 Å². The molecule has 0 fully saturated rings. The highest BCUT2D eigenvalue weighted by Crippen LogP contribution is 2.30. The summed E-state index contributed by atoms with van der Waals surface area (Å²) >= 11 is 0. The number of furan rings is 1. The second-order valence-electron chi connectivity index (χ2n) is 7.01. The van der Waals surface area contributed by atoms with Crippen molar-refractivity contribution in [2.45, 2.75) is 13.0 Å². The molecule has 1 amide bonds. The first-order valence-corrected chi connectivity index (χ1v) is 9.67. The highest BCUT2D eigenvalue weighted by molar-refractivity contribution is 5.99. The van der Waals surface area contributed by atoms with Crippen molar-refractivity contribution < 1.29 is 18.7 Å². The summed E-state index contributed by atoms with van der Waals surface area (Å²) in [5.74, 6) is 1.51. The Balaban J connectivity index is 1.70. The molecule has 0 radical (unpaired) electrons. The Kier molecular flexibility index (Phi) is 5.44. The molecule has 0 unspecified atom stereocenters. The predicted molar refractivity (Wildman–Crippen MR) is 116 cm³/mol. The van der Waals surface area contributed by atoms with E-state index < -0.39 is 0 Å². The van der Waals surface area contributed by atoms with Gasteiger partial charge in [0.05, 0.1) is 20.3 Å². The number of aryl methyl sites for hydroxylation is 1. The van der Waals surface area contributed by atoms with Crippen molar-refractivity contribution in [2.75, 3.05) is 14.2 Å². The number of benzene rings is 3.